The fraction of sp³-hybridized carbons (Fsp3) is 0.387. The van der Waals surface area contributed by atoms with Crippen LogP contribution in [0.15, 0.2) is 65.6 Å². The summed E-state index contributed by atoms with van der Waals surface area (Å²) in [6.45, 7) is 11.9. The van der Waals surface area contributed by atoms with Gasteiger partial charge in [0.1, 0.15) is 11.5 Å². The number of fused-ring (bicyclic) bond motifs is 1. The smallest absolute Gasteiger partial charge is 0.264 e. The molecule has 0 fully saturated rings. The van der Waals surface area contributed by atoms with E-state index in [2.05, 4.69) is 26.1 Å². The van der Waals surface area contributed by atoms with E-state index in [0.29, 0.717) is 17.9 Å². The van der Waals surface area contributed by atoms with E-state index in [4.69, 9.17) is 9.47 Å². The second-order valence-electron chi connectivity index (χ2n) is 11.1. The van der Waals surface area contributed by atoms with Crippen LogP contribution in [0.25, 0.3) is 0 Å². The Labute approximate surface area is 232 Å². The third-order valence-electron chi connectivity index (χ3n) is 7.14. The second-order valence-corrected chi connectivity index (χ2v) is 12.9. The molecule has 1 aliphatic heterocycles. The Kier molecular flexibility index (Phi) is 7.98. The number of aryl methyl sites for hydroxylation is 2. The number of hydrogen-bond acceptors (Lipinski definition) is 5. The van der Waals surface area contributed by atoms with Gasteiger partial charge in [-0.25, -0.2) is 8.42 Å². The zero-order chi connectivity index (χ0) is 28.5. The lowest BCUT2D eigenvalue weighted by atomic mass is 9.86. The van der Waals surface area contributed by atoms with E-state index < -0.39 is 16.1 Å². The summed E-state index contributed by atoms with van der Waals surface area (Å²) >= 11 is 0. The van der Waals surface area contributed by atoms with Crippen molar-refractivity contribution in [2.24, 2.45) is 0 Å². The highest BCUT2D eigenvalue weighted by atomic mass is 32.2. The number of sulfonamides is 1. The maximum Gasteiger partial charge on any atom is 0.264 e. The van der Waals surface area contributed by atoms with Crippen molar-refractivity contribution in [1.82, 2.24) is 5.32 Å². The van der Waals surface area contributed by atoms with Gasteiger partial charge >= 0.3 is 0 Å². The maximum atomic E-state index is 13.9. The van der Waals surface area contributed by atoms with E-state index in [1.165, 1.54) is 4.31 Å². The van der Waals surface area contributed by atoms with E-state index in [1.54, 1.807) is 37.4 Å². The van der Waals surface area contributed by atoms with Crippen molar-refractivity contribution in [2.75, 3.05) is 18.0 Å². The Hall–Kier alpha value is -3.52. The second kappa shape index (κ2) is 10.9. The number of methoxy groups -OCH3 is 1. The lowest BCUT2D eigenvalue weighted by Gasteiger charge is -2.36. The zero-order valence-corrected chi connectivity index (χ0v) is 24.6. The Morgan fingerprint density at radius 3 is 2.36 bits per heavy atom. The van der Waals surface area contributed by atoms with Crippen LogP contribution in [0.5, 0.6) is 11.5 Å². The summed E-state index contributed by atoms with van der Waals surface area (Å²) in [5.41, 5.74) is 4.08. The minimum Gasteiger partial charge on any atom is -0.496 e. The third kappa shape index (κ3) is 5.91. The van der Waals surface area contributed by atoms with E-state index in [1.807, 2.05) is 51.1 Å². The predicted octanol–water partition coefficient (Wildman–Crippen LogP) is 5.83. The molecular formula is C31H38N2O5S. The van der Waals surface area contributed by atoms with Crippen LogP contribution < -0.4 is 19.1 Å². The molecule has 3 aromatic rings. The number of carbonyl (C=O) groups excluding carboxylic acids is 1. The largest absolute Gasteiger partial charge is 0.496 e. The first-order valence-corrected chi connectivity index (χ1v) is 14.6. The molecule has 0 bridgehead atoms. The van der Waals surface area contributed by atoms with E-state index in [0.717, 1.165) is 28.0 Å². The van der Waals surface area contributed by atoms with Crippen molar-refractivity contribution in [3.63, 3.8) is 0 Å². The molecule has 1 aliphatic rings. The van der Waals surface area contributed by atoms with Gasteiger partial charge in [-0.2, -0.15) is 0 Å². The van der Waals surface area contributed by atoms with Crippen molar-refractivity contribution < 1.29 is 22.7 Å². The summed E-state index contributed by atoms with van der Waals surface area (Å²) in [7, 11) is -2.34. The molecule has 2 atom stereocenters. The number of nitrogens with one attached hydrogen (secondary N) is 1. The Balaban J connectivity index is 1.69. The Morgan fingerprint density at radius 2 is 1.77 bits per heavy atom. The fourth-order valence-electron chi connectivity index (χ4n) is 4.72. The molecule has 1 N–H and O–H groups in total. The number of carbonyl (C=O) groups is 1. The van der Waals surface area contributed by atoms with Gasteiger partial charge in [-0.15, -0.1) is 0 Å². The van der Waals surface area contributed by atoms with Gasteiger partial charge in [0.25, 0.3) is 15.9 Å². The molecule has 1 amide bonds. The van der Waals surface area contributed by atoms with Crippen LogP contribution in [-0.4, -0.2) is 34.1 Å². The van der Waals surface area contributed by atoms with Crippen LogP contribution in [0, 0.1) is 13.8 Å². The number of rotatable bonds is 7. The lowest BCUT2D eigenvalue weighted by molar-refractivity contribution is -0.128. The normalized spacial score (nSPS) is 16.2. The summed E-state index contributed by atoms with van der Waals surface area (Å²) in [5, 5.41) is 3.08. The molecular weight excluding hydrogens is 512 g/mol. The summed E-state index contributed by atoms with van der Waals surface area (Å²) in [5.74, 6) is 0.766. The lowest BCUT2D eigenvalue weighted by Crippen LogP contribution is -2.51. The van der Waals surface area contributed by atoms with Crippen LogP contribution >= 0.6 is 0 Å². The van der Waals surface area contributed by atoms with E-state index in [9.17, 15) is 13.2 Å². The molecule has 0 radical (unpaired) electrons. The van der Waals surface area contributed by atoms with E-state index >= 15 is 0 Å². The molecule has 8 heteroatoms. The number of ether oxygens (including phenoxy) is 2. The van der Waals surface area contributed by atoms with Crippen molar-refractivity contribution in [2.45, 2.75) is 70.4 Å². The number of hydrogen-bond donors (Lipinski definition) is 1. The standard InChI is InChI=1S/C31H38N2O5S/c1-8-25(22-11-15-27(37-7)21(3)17-22)32-30(34)29-19-33(39(35,36)24-13-9-20(2)10-14-24)26-18-23(31(4,5)6)12-16-28(26)38-29/h9-18,25,29H,8,19H2,1-7H3,(H,32,34)/t25-,29+/m1/s1. The first-order valence-electron chi connectivity index (χ1n) is 13.2. The molecule has 39 heavy (non-hydrogen) atoms. The van der Waals surface area contributed by atoms with Gasteiger partial charge in [-0.3, -0.25) is 9.10 Å². The molecule has 0 spiro atoms. The molecule has 4 rings (SSSR count). The van der Waals surface area contributed by atoms with Crippen molar-refractivity contribution in [3.05, 3.63) is 82.9 Å². The summed E-state index contributed by atoms with van der Waals surface area (Å²) < 4.78 is 40.7. The number of benzene rings is 3. The quantitative estimate of drug-likeness (QED) is 0.400. The third-order valence-corrected chi connectivity index (χ3v) is 8.94. The molecule has 0 aromatic heterocycles. The van der Waals surface area contributed by atoms with Gasteiger partial charge in [0.05, 0.1) is 30.3 Å². The summed E-state index contributed by atoms with van der Waals surface area (Å²) in [6, 6.07) is 17.8. The van der Waals surface area contributed by atoms with Crippen LogP contribution in [0.3, 0.4) is 0 Å². The summed E-state index contributed by atoms with van der Waals surface area (Å²) in [6.07, 6.45) is -0.368. The number of nitrogens with zero attached hydrogens (tertiary/aromatic N) is 1. The van der Waals surface area contributed by atoms with Crippen molar-refractivity contribution in [3.8, 4) is 11.5 Å². The van der Waals surface area contributed by atoms with Gasteiger partial charge in [-0.1, -0.05) is 63.6 Å². The molecule has 0 unspecified atom stereocenters. The predicted molar refractivity (Wildman–Crippen MR) is 154 cm³/mol. The minimum atomic E-state index is -3.96. The van der Waals surface area contributed by atoms with Gasteiger partial charge in [0.15, 0.2) is 6.10 Å². The monoisotopic (exact) mass is 550 g/mol. The maximum absolute atomic E-state index is 13.9. The van der Waals surface area contributed by atoms with Gasteiger partial charge < -0.3 is 14.8 Å². The van der Waals surface area contributed by atoms with Crippen LogP contribution in [0.1, 0.15) is 62.4 Å². The van der Waals surface area contributed by atoms with Crippen LogP contribution in [0.2, 0.25) is 0 Å². The molecule has 1 heterocycles. The minimum absolute atomic E-state index is 0.138. The molecule has 0 saturated heterocycles. The van der Waals surface area contributed by atoms with Gasteiger partial charge in [0.2, 0.25) is 0 Å². The molecule has 0 saturated carbocycles. The average molecular weight is 551 g/mol. The molecule has 3 aromatic carbocycles. The van der Waals surface area contributed by atoms with Gasteiger partial charge in [0, 0.05) is 0 Å². The Bertz CT molecular complexity index is 1460. The Morgan fingerprint density at radius 1 is 1.08 bits per heavy atom. The zero-order valence-electron chi connectivity index (χ0n) is 23.7. The molecule has 7 nitrogen and oxygen atoms in total. The highest BCUT2D eigenvalue weighted by Gasteiger charge is 2.38. The molecule has 208 valence electrons. The number of anilines is 1. The van der Waals surface area contributed by atoms with E-state index in [-0.39, 0.29) is 28.8 Å². The average Bonchev–Trinajstić information content (AvgIpc) is 2.90. The van der Waals surface area contributed by atoms with Crippen molar-refractivity contribution in [1.29, 1.82) is 0 Å². The first kappa shape index (κ1) is 28.5. The summed E-state index contributed by atoms with van der Waals surface area (Å²) in [4.78, 5) is 13.7. The van der Waals surface area contributed by atoms with Crippen molar-refractivity contribution >= 4 is 21.6 Å². The van der Waals surface area contributed by atoms with Gasteiger partial charge in [-0.05, 0) is 72.7 Å². The topological polar surface area (TPSA) is 84.9 Å². The highest BCUT2D eigenvalue weighted by molar-refractivity contribution is 7.92. The van der Waals surface area contributed by atoms with Crippen LogP contribution in [-0.2, 0) is 20.2 Å². The SMILES string of the molecule is CC[C@@H](NC(=O)[C@@H]1CN(S(=O)(=O)c2ccc(C)cc2)c2cc(C(C)(C)C)ccc2O1)c1ccc(OC)c(C)c1. The highest BCUT2D eigenvalue weighted by Crippen LogP contribution is 2.40. The molecule has 0 aliphatic carbocycles. The first-order chi connectivity index (χ1) is 18.3. The van der Waals surface area contributed by atoms with Crippen LogP contribution in [0.4, 0.5) is 5.69 Å². The number of amides is 1. The fourth-order valence-corrected chi connectivity index (χ4v) is 6.19.